The zero-order valence-corrected chi connectivity index (χ0v) is 7.40. The Bertz CT molecular complexity index is 267. The van der Waals surface area contributed by atoms with Crippen molar-refractivity contribution in [1.82, 2.24) is 0 Å². The van der Waals surface area contributed by atoms with E-state index in [0.29, 0.717) is 0 Å². The maximum absolute atomic E-state index is 4.18. The standard InChI is InChI=1S/C10H14N2/c1-6-10-8-3-2-7(4-8)9(10)5-11-12-6/h5,7-10H,2-4H2,1H3. The summed E-state index contributed by atoms with van der Waals surface area (Å²) >= 11 is 0. The minimum Gasteiger partial charge on any atom is -0.163 e. The van der Waals surface area contributed by atoms with Crippen LogP contribution in [0.3, 0.4) is 0 Å². The highest BCUT2D eigenvalue weighted by Gasteiger charge is 2.48. The fourth-order valence-electron chi connectivity index (χ4n) is 3.44. The maximum Gasteiger partial charge on any atom is 0.0415 e. The van der Waals surface area contributed by atoms with E-state index < -0.39 is 0 Å². The van der Waals surface area contributed by atoms with Gasteiger partial charge in [0.2, 0.25) is 0 Å². The molecule has 3 aliphatic rings. The first kappa shape index (κ1) is 6.81. The normalized spacial score (nSPS) is 49.2. The summed E-state index contributed by atoms with van der Waals surface area (Å²) in [7, 11) is 0. The number of nitrogens with zero attached hydrogens (tertiary/aromatic N) is 2. The molecule has 0 saturated heterocycles. The van der Waals surface area contributed by atoms with E-state index in [4.69, 9.17) is 0 Å². The molecular weight excluding hydrogens is 148 g/mol. The van der Waals surface area contributed by atoms with Crippen LogP contribution in [0.4, 0.5) is 0 Å². The molecule has 2 fully saturated rings. The van der Waals surface area contributed by atoms with Crippen LogP contribution in [-0.4, -0.2) is 11.9 Å². The molecule has 0 amide bonds. The van der Waals surface area contributed by atoms with Crippen molar-refractivity contribution >= 4 is 11.9 Å². The minimum absolute atomic E-state index is 0.751. The summed E-state index contributed by atoms with van der Waals surface area (Å²) in [6, 6.07) is 0. The summed E-state index contributed by atoms with van der Waals surface area (Å²) in [4.78, 5) is 0. The second-order valence-electron chi connectivity index (χ2n) is 4.44. The molecule has 0 aromatic carbocycles. The van der Waals surface area contributed by atoms with Gasteiger partial charge in [0, 0.05) is 23.8 Å². The number of hydrogen-bond donors (Lipinski definition) is 0. The molecule has 1 heterocycles. The molecule has 4 atom stereocenters. The predicted octanol–water partition coefficient (Wildman–Crippen LogP) is 2.11. The summed E-state index contributed by atoms with van der Waals surface area (Å²) in [5.74, 6) is 3.40. The van der Waals surface area contributed by atoms with Gasteiger partial charge in [-0.3, -0.25) is 0 Å². The zero-order chi connectivity index (χ0) is 8.13. The largest absolute Gasteiger partial charge is 0.163 e. The first-order valence-corrected chi connectivity index (χ1v) is 4.94. The third kappa shape index (κ3) is 0.706. The third-order valence-electron chi connectivity index (χ3n) is 3.92. The van der Waals surface area contributed by atoms with Gasteiger partial charge in [-0.1, -0.05) is 0 Å². The molecule has 3 rings (SSSR count). The Balaban J connectivity index is 2.00. The van der Waals surface area contributed by atoms with Crippen molar-refractivity contribution in [1.29, 1.82) is 0 Å². The van der Waals surface area contributed by atoms with Crippen molar-refractivity contribution in [3.63, 3.8) is 0 Å². The van der Waals surface area contributed by atoms with Gasteiger partial charge in [-0.25, -0.2) is 0 Å². The summed E-state index contributed by atoms with van der Waals surface area (Å²) < 4.78 is 0. The SMILES string of the molecule is CC1=NN=CC2C3CCC(C3)C12. The van der Waals surface area contributed by atoms with Gasteiger partial charge in [-0.05, 0) is 38.0 Å². The van der Waals surface area contributed by atoms with E-state index in [1.165, 1.54) is 25.0 Å². The fraction of sp³-hybridized carbons (Fsp3) is 0.800. The van der Waals surface area contributed by atoms with Crippen molar-refractivity contribution in [3.05, 3.63) is 0 Å². The Morgan fingerprint density at radius 2 is 2.17 bits per heavy atom. The van der Waals surface area contributed by atoms with Crippen LogP contribution in [0.2, 0.25) is 0 Å². The predicted molar refractivity (Wildman–Crippen MR) is 49.4 cm³/mol. The van der Waals surface area contributed by atoms with E-state index >= 15 is 0 Å². The van der Waals surface area contributed by atoms with Gasteiger partial charge in [0.25, 0.3) is 0 Å². The summed E-state index contributed by atoms with van der Waals surface area (Å²) in [5.41, 5.74) is 1.29. The minimum atomic E-state index is 0.751. The Labute approximate surface area is 72.8 Å². The fourth-order valence-corrected chi connectivity index (χ4v) is 3.44. The first-order valence-electron chi connectivity index (χ1n) is 4.94. The van der Waals surface area contributed by atoms with Crippen LogP contribution in [0, 0.1) is 23.7 Å². The van der Waals surface area contributed by atoms with Crippen molar-refractivity contribution in [3.8, 4) is 0 Å². The molecule has 0 aromatic rings. The number of hydrogen-bond acceptors (Lipinski definition) is 2. The van der Waals surface area contributed by atoms with Gasteiger partial charge in [0.1, 0.15) is 0 Å². The Morgan fingerprint density at radius 1 is 1.33 bits per heavy atom. The van der Waals surface area contributed by atoms with E-state index in [1.807, 2.05) is 0 Å². The maximum atomic E-state index is 4.18. The summed E-state index contributed by atoms with van der Waals surface area (Å²) in [6.07, 6.45) is 6.41. The molecule has 2 bridgehead atoms. The summed E-state index contributed by atoms with van der Waals surface area (Å²) in [6.45, 7) is 2.15. The van der Waals surface area contributed by atoms with Crippen LogP contribution < -0.4 is 0 Å². The van der Waals surface area contributed by atoms with Gasteiger partial charge in [0.05, 0.1) is 0 Å². The molecule has 64 valence electrons. The highest BCUT2D eigenvalue weighted by Crippen LogP contribution is 2.52. The molecule has 2 saturated carbocycles. The molecule has 2 nitrogen and oxygen atoms in total. The molecule has 0 N–H and O–H groups in total. The van der Waals surface area contributed by atoms with Gasteiger partial charge in [-0.2, -0.15) is 10.2 Å². The van der Waals surface area contributed by atoms with Gasteiger partial charge in [0.15, 0.2) is 0 Å². The average molecular weight is 162 g/mol. The van der Waals surface area contributed by atoms with Crippen molar-refractivity contribution in [2.45, 2.75) is 26.2 Å². The zero-order valence-electron chi connectivity index (χ0n) is 7.40. The van der Waals surface area contributed by atoms with E-state index in [2.05, 4.69) is 23.3 Å². The second-order valence-corrected chi connectivity index (χ2v) is 4.44. The van der Waals surface area contributed by atoms with Crippen LogP contribution in [0.1, 0.15) is 26.2 Å². The average Bonchev–Trinajstić information content (AvgIpc) is 2.64. The number of rotatable bonds is 0. The molecule has 4 unspecified atom stereocenters. The molecular formula is C10H14N2. The van der Waals surface area contributed by atoms with Crippen LogP contribution in [0.25, 0.3) is 0 Å². The lowest BCUT2D eigenvalue weighted by atomic mass is 9.77. The first-order chi connectivity index (χ1) is 5.86. The van der Waals surface area contributed by atoms with Gasteiger partial charge in [-0.15, -0.1) is 0 Å². The van der Waals surface area contributed by atoms with Crippen LogP contribution in [0.15, 0.2) is 10.2 Å². The Kier molecular flexibility index (Phi) is 1.24. The lowest BCUT2D eigenvalue weighted by Gasteiger charge is -2.29. The van der Waals surface area contributed by atoms with Crippen LogP contribution >= 0.6 is 0 Å². The third-order valence-corrected chi connectivity index (χ3v) is 3.92. The molecule has 0 aromatic heterocycles. The second kappa shape index (κ2) is 2.18. The quantitative estimate of drug-likeness (QED) is 0.521. The van der Waals surface area contributed by atoms with E-state index in [-0.39, 0.29) is 0 Å². The van der Waals surface area contributed by atoms with Gasteiger partial charge >= 0.3 is 0 Å². The monoisotopic (exact) mass is 162 g/mol. The molecule has 0 spiro atoms. The van der Waals surface area contributed by atoms with Crippen molar-refractivity contribution in [2.24, 2.45) is 33.9 Å². The topological polar surface area (TPSA) is 24.7 Å². The molecule has 1 aliphatic heterocycles. The molecule has 12 heavy (non-hydrogen) atoms. The lowest BCUT2D eigenvalue weighted by molar-refractivity contribution is 0.354. The van der Waals surface area contributed by atoms with E-state index in [1.54, 1.807) is 0 Å². The summed E-state index contributed by atoms with van der Waals surface area (Å²) in [5, 5.41) is 8.26. The molecule has 0 radical (unpaired) electrons. The number of fused-ring (bicyclic) bond motifs is 5. The van der Waals surface area contributed by atoms with Crippen LogP contribution in [-0.2, 0) is 0 Å². The van der Waals surface area contributed by atoms with Crippen molar-refractivity contribution in [2.75, 3.05) is 0 Å². The Hall–Kier alpha value is -0.660. The Morgan fingerprint density at radius 3 is 3.00 bits per heavy atom. The van der Waals surface area contributed by atoms with E-state index in [0.717, 1.165) is 23.7 Å². The van der Waals surface area contributed by atoms with Gasteiger partial charge < -0.3 is 0 Å². The lowest BCUT2D eigenvalue weighted by Crippen LogP contribution is -2.30. The highest BCUT2D eigenvalue weighted by molar-refractivity contribution is 5.90. The molecule has 2 heteroatoms. The van der Waals surface area contributed by atoms with Crippen molar-refractivity contribution < 1.29 is 0 Å². The smallest absolute Gasteiger partial charge is 0.0415 e. The molecule has 2 aliphatic carbocycles. The highest BCUT2D eigenvalue weighted by atomic mass is 15.2. The van der Waals surface area contributed by atoms with Crippen LogP contribution in [0.5, 0.6) is 0 Å². The van der Waals surface area contributed by atoms with E-state index in [9.17, 15) is 0 Å².